The number of amides is 1. The molecular weight excluding hydrogens is 228 g/mol. The number of anilines is 1. The molecule has 0 unspecified atom stereocenters. The number of nitrogens with two attached hydrogens (primary N) is 1. The van der Waals surface area contributed by atoms with Gasteiger partial charge in [0.2, 0.25) is 0 Å². The zero-order valence-corrected chi connectivity index (χ0v) is 11.2. The lowest BCUT2D eigenvalue weighted by atomic mass is 10.1. The molecule has 0 spiro atoms. The highest BCUT2D eigenvalue weighted by molar-refractivity contribution is 5.95. The molecule has 1 aromatic rings. The van der Waals surface area contributed by atoms with Crippen molar-refractivity contribution in [2.45, 2.75) is 26.2 Å². The van der Waals surface area contributed by atoms with Crippen LogP contribution in [0.5, 0.6) is 0 Å². The molecule has 4 nitrogen and oxygen atoms in total. The Morgan fingerprint density at radius 2 is 2.11 bits per heavy atom. The van der Waals surface area contributed by atoms with Crippen LogP contribution >= 0.6 is 0 Å². The summed E-state index contributed by atoms with van der Waals surface area (Å²) >= 11 is 0. The van der Waals surface area contributed by atoms with Crippen LogP contribution in [0, 0.1) is 6.92 Å². The zero-order chi connectivity index (χ0) is 13.4. The molecule has 0 aromatic heterocycles. The smallest absolute Gasteiger partial charge is 0.251 e. The van der Waals surface area contributed by atoms with Gasteiger partial charge in [0.15, 0.2) is 0 Å². The number of hydrogen-bond donors (Lipinski definition) is 2. The normalized spacial score (nSPS) is 10.3. The van der Waals surface area contributed by atoms with Gasteiger partial charge in [-0.2, -0.15) is 0 Å². The van der Waals surface area contributed by atoms with Crippen molar-refractivity contribution in [3.8, 4) is 0 Å². The van der Waals surface area contributed by atoms with Gasteiger partial charge in [-0.1, -0.05) is 0 Å². The quantitative estimate of drug-likeness (QED) is 0.575. The van der Waals surface area contributed by atoms with Gasteiger partial charge in [0, 0.05) is 31.5 Å². The third-order valence-corrected chi connectivity index (χ3v) is 2.81. The molecule has 4 heteroatoms. The van der Waals surface area contributed by atoms with Crippen molar-refractivity contribution >= 4 is 11.6 Å². The first-order valence-electron chi connectivity index (χ1n) is 6.28. The van der Waals surface area contributed by atoms with Crippen molar-refractivity contribution in [1.29, 1.82) is 0 Å². The molecule has 0 heterocycles. The number of carbonyl (C=O) groups excluding carboxylic acids is 1. The predicted octanol–water partition coefficient (Wildman–Crippen LogP) is 2.12. The molecule has 3 N–H and O–H groups in total. The van der Waals surface area contributed by atoms with Gasteiger partial charge in [-0.3, -0.25) is 4.79 Å². The molecule has 1 aromatic carbocycles. The summed E-state index contributed by atoms with van der Waals surface area (Å²) in [7, 11) is 1.70. The molecule has 0 saturated carbocycles. The molecule has 0 aliphatic carbocycles. The summed E-state index contributed by atoms with van der Waals surface area (Å²) in [6.45, 7) is 3.38. The first-order valence-corrected chi connectivity index (χ1v) is 6.28. The highest BCUT2D eigenvalue weighted by atomic mass is 16.5. The fourth-order valence-electron chi connectivity index (χ4n) is 1.79. The molecule has 18 heavy (non-hydrogen) atoms. The average molecular weight is 250 g/mol. The molecule has 1 rings (SSSR count). The second-order valence-corrected chi connectivity index (χ2v) is 4.38. The van der Waals surface area contributed by atoms with Crippen LogP contribution in [0.2, 0.25) is 0 Å². The SMILES string of the molecule is COCCCCCNC(=O)c1ccc(N)cc1C. The van der Waals surface area contributed by atoms with E-state index in [4.69, 9.17) is 10.5 Å². The molecule has 0 radical (unpaired) electrons. The second-order valence-electron chi connectivity index (χ2n) is 4.38. The van der Waals surface area contributed by atoms with Crippen LogP contribution in [0.3, 0.4) is 0 Å². The molecule has 0 atom stereocenters. The van der Waals surface area contributed by atoms with E-state index < -0.39 is 0 Å². The summed E-state index contributed by atoms with van der Waals surface area (Å²) in [6, 6.07) is 5.33. The summed E-state index contributed by atoms with van der Waals surface area (Å²) in [6.07, 6.45) is 3.07. The summed E-state index contributed by atoms with van der Waals surface area (Å²) < 4.78 is 4.97. The standard InChI is InChI=1S/C14H22N2O2/c1-11-10-12(15)6-7-13(11)14(17)16-8-4-3-5-9-18-2/h6-7,10H,3-5,8-9,15H2,1-2H3,(H,16,17). The number of nitrogen functional groups attached to an aromatic ring is 1. The van der Waals surface area contributed by atoms with Crippen LogP contribution in [0.15, 0.2) is 18.2 Å². The van der Waals surface area contributed by atoms with Gasteiger partial charge in [0.05, 0.1) is 0 Å². The Balaban J connectivity index is 2.32. The first-order chi connectivity index (χ1) is 8.65. The minimum absolute atomic E-state index is 0.0285. The number of unbranched alkanes of at least 4 members (excludes halogenated alkanes) is 2. The van der Waals surface area contributed by atoms with Crippen LogP contribution in [0.25, 0.3) is 0 Å². The van der Waals surface area contributed by atoms with Gasteiger partial charge in [-0.05, 0) is 49.9 Å². The van der Waals surface area contributed by atoms with Crippen LogP contribution < -0.4 is 11.1 Å². The number of methoxy groups -OCH3 is 1. The van der Waals surface area contributed by atoms with E-state index in [1.807, 2.05) is 13.0 Å². The predicted molar refractivity (Wildman–Crippen MR) is 73.7 cm³/mol. The van der Waals surface area contributed by atoms with Gasteiger partial charge in [-0.15, -0.1) is 0 Å². The van der Waals surface area contributed by atoms with Crippen LogP contribution in [-0.2, 0) is 4.74 Å². The van der Waals surface area contributed by atoms with E-state index in [1.165, 1.54) is 0 Å². The van der Waals surface area contributed by atoms with Crippen molar-refractivity contribution in [1.82, 2.24) is 5.32 Å². The van der Waals surface area contributed by atoms with Crippen LogP contribution in [0.1, 0.15) is 35.2 Å². The monoisotopic (exact) mass is 250 g/mol. The molecule has 0 aliphatic rings. The summed E-state index contributed by atoms with van der Waals surface area (Å²) in [5.41, 5.74) is 7.94. The number of ether oxygens (including phenoxy) is 1. The number of nitrogens with one attached hydrogen (secondary N) is 1. The molecule has 100 valence electrons. The third kappa shape index (κ3) is 4.75. The van der Waals surface area contributed by atoms with E-state index >= 15 is 0 Å². The second kappa shape index (κ2) is 7.71. The zero-order valence-electron chi connectivity index (χ0n) is 11.2. The number of carbonyl (C=O) groups is 1. The minimum Gasteiger partial charge on any atom is -0.399 e. The molecular formula is C14H22N2O2. The largest absolute Gasteiger partial charge is 0.399 e. The number of rotatable bonds is 7. The van der Waals surface area contributed by atoms with E-state index in [-0.39, 0.29) is 5.91 Å². The fourth-order valence-corrected chi connectivity index (χ4v) is 1.79. The van der Waals surface area contributed by atoms with Crippen molar-refractivity contribution in [2.75, 3.05) is 26.0 Å². The Morgan fingerprint density at radius 3 is 2.78 bits per heavy atom. The molecule has 1 amide bonds. The van der Waals surface area contributed by atoms with Crippen molar-refractivity contribution < 1.29 is 9.53 Å². The molecule has 0 fully saturated rings. The fraction of sp³-hybridized carbons (Fsp3) is 0.500. The van der Waals surface area contributed by atoms with Gasteiger partial charge in [0.25, 0.3) is 5.91 Å². The van der Waals surface area contributed by atoms with Gasteiger partial charge >= 0.3 is 0 Å². The Labute approximate surface area is 109 Å². The van der Waals surface area contributed by atoms with Gasteiger partial charge in [0.1, 0.15) is 0 Å². The maximum atomic E-state index is 11.9. The molecule has 0 aliphatic heterocycles. The minimum atomic E-state index is -0.0285. The number of hydrogen-bond acceptors (Lipinski definition) is 3. The summed E-state index contributed by atoms with van der Waals surface area (Å²) in [5, 5.41) is 2.92. The Hall–Kier alpha value is -1.55. The van der Waals surface area contributed by atoms with Gasteiger partial charge in [-0.25, -0.2) is 0 Å². The van der Waals surface area contributed by atoms with E-state index in [2.05, 4.69) is 5.32 Å². The number of aryl methyl sites for hydroxylation is 1. The summed E-state index contributed by atoms with van der Waals surface area (Å²) in [4.78, 5) is 11.9. The lowest BCUT2D eigenvalue weighted by Crippen LogP contribution is -2.25. The van der Waals surface area contributed by atoms with E-state index in [0.29, 0.717) is 17.8 Å². The highest BCUT2D eigenvalue weighted by Gasteiger charge is 2.07. The van der Waals surface area contributed by atoms with Crippen molar-refractivity contribution in [2.24, 2.45) is 0 Å². The third-order valence-electron chi connectivity index (χ3n) is 2.81. The van der Waals surface area contributed by atoms with E-state index in [0.717, 1.165) is 31.4 Å². The Morgan fingerprint density at radius 1 is 1.33 bits per heavy atom. The maximum absolute atomic E-state index is 11.9. The molecule has 0 saturated heterocycles. The van der Waals surface area contributed by atoms with E-state index in [1.54, 1.807) is 19.2 Å². The van der Waals surface area contributed by atoms with Crippen LogP contribution in [-0.4, -0.2) is 26.2 Å². The Bertz CT molecular complexity index is 391. The van der Waals surface area contributed by atoms with Crippen molar-refractivity contribution in [3.63, 3.8) is 0 Å². The topological polar surface area (TPSA) is 64.3 Å². The lowest BCUT2D eigenvalue weighted by Gasteiger charge is -2.08. The summed E-state index contributed by atoms with van der Waals surface area (Å²) in [5.74, 6) is -0.0285. The van der Waals surface area contributed by atoms with Gasteiger partial charge < -0.3 is 15.8 Å². The number of benzene rings is 1. The lowest BCUT2D eigenvalue weighted by molar-refractivity contribution is 0.0952. The molecule has 0 bridgehead atoms. The van der Waals surface area contributed by atoms with E-state index in [9.17, 15) is 4.79 Å². The average Bonchev–Trinajstić information content (AvgIpc) is 2.33. The first kappa shape index (κ1) is 14.5. The van der Waals surface area contributed by atoms with Crippen molar-refractivity contribution in [3.05, 3.63) is 29.3 Å². The maximum Gasteiger partial charge on any atom is 0.251 e. The van der Waals surface area contributed by atoms with Crippen LogP contribution in [0.4, 0.5) is 5.69 Å². The highest BCUT2D eigenvalue weighted by Crippen LogP contribution is 2.12. The Kier molecular flexibility index (Phi) is 6.22.